The van der Waals surface area contributed by atoms with Gasteiger partial charge in [-0.15, -0.1) is 0 Å². The summed E-state index contributed by atoms with van der Waals surface area (Å²) in [6, 6.07) is 5.13. The van der Waals surface area contributed by atoms with Crippen molar-refractivity contribution in [2.24, 2.45) is 0 Å². The van der Waals surface area contributed by atoms with Gasteiger partial charge in [0, 0.05) is 13.5 Å². The zero-order valence-electron chi connectivity index (χ0n) is 9.63. The first-order valence-electron chi connectivity index (χ1n) is 5.04. The quantitative estimate of drug-likeness (QED) is 0.894. The van der Waals surface area contributed by atoms with Crippen LogP contribution in [0.2, 0.25) is 10.0 Å². The van der Waals surface area contributed by atoms with Gasteiger partial charge in [0.2, 0.25) is 0 Å². The molecule has 0 heterocycles. The smallest absolute Gasteiger partial charge is 0.0817 e. The van der Waals surface area contributed by atoms with Crippen molar-refractivity contribution in [2.75, 3.05) is 7.11 Å². The highest BCUT2D eigenvalue weighted by Crippen LogP contribution is 2.30. The Morgan fingerprint density at radius 1 is 1.31 bits per heavy atom. The van der Waals surface area contributed by atoms with Crippen molar-refractivity contribution >= 4 is 23.2 Å². The molecule has 1 aromatic carbocycles. The van der Waals surface area contributed by atoms with Gasteiger partial charge in [-0.05, 0) is 31.5 Å². The minimum atomic E-state index is -0.607. The van der Waals surface area contributed by atoms with Crippen LogP contribution >= 0.6 is 23.2 Å². The molecule has 0 bridgehead atoms. The Hall–Kier alpha value is -0.280. The van der Waals surface area contributed by atoms with E-state index in [-0.39, 0.29) is 5.60 Å². The topological polar surface area (TPSA) is 29.5 Å². The summed E-state index contributed by atoms with van der Waals surface area (Å²) in [5, 5.41) is 11.0. The lowest BCUT2D eigenvalue weighted by Gasteiger charge is -2.26. The zero-order valence-corrected chi connectivity index (χ0v) is 11.1. The number of aliphatic hydroxyl groups is 1. The molecule has 1 N–H and O–H groups in total. The standard InChI is InChI=1S/C12H16Cl2O2/c1-12(2,16-3)7-11(15)8-4-5-9(13)10(14)6-8/h4-6,11,15H,7H2,1-3H3. The molecule has 90 valence electrons. The van der Waals surface area contributed by atoms with E-state index in [1.165, 1.54) is 0 Å². The van der Waals surface area contributed by atoms with Gasteiger partial charge in [-0.1, -0.05) is 29.3 Å². The number of methoxy groups -OCH3 is 1. The summed E-state index contributed by atoms with van der Waals surface area (Å²) >= 11 is 11.7. The second-order valence-electron chi connectivity index (χ2n) is 4.36. The Morgan fingerprint density at radius 3 is 2.44 bits per heavy atom. The van der Waals surface area contributed by atoms with Crippen molar-refractivity contribution < 1.29 is 9.84 Å². The summed E-state index contributed by atoms with van der Waals surface area (Å²) in [6.45, 7) is 3.85. The molecule has 2 nitrogen and oxygen atoms in total. The number of aliphatic hydroxyl groups excluding tert-OH is 1. The molecular weight excluding hydrogens is 247 g/mol. The van der Waals surface area contributed by atoms with Crippen LogP contribution in [0.3, 0.4) is 0 Å². The minimum absolute atomic E-state index is 0.370. The highest BCUT2D eigenvalue weighted by molar-refractivity contribution is 6.42. The fourth-order valence-corrected chi connectivity index (χ4v) is 1.69. The highest BCUT2D eigenvalue weighted by atomic mass is 35.5. The summed E-state index contributed by atoms with van der Waals surface area (Å²) in [5.41, 5.74) is 0.380. The average molecular weight is 263 g/mol. The fourth-order valence-electron chi connectivity index (χ4n) is 1.39. The molecule has 1 atom stereocenters. The van der Waals surface area contributed by atoms with Gasteiger partial charge in [0.05, 0.1) is 21.8 Å². The van der Waals surface area contributed by atoms with Gasteiger partial charge < -0.3 is 9.84 Å². The summed E-state index contributed by atoms with van der Waals surface area (Å²) in [4.78, 5) is 0. The Labute approximate surface area is 106 Å². The molecule has 0 aliphatic carbocycles. The molecular formula is C12H16Cl2O2. The number of hydrogen-bond donors (Lipinski definition) is 1. The monoisotopic (exact) mass is 262 g/mol. The van der Waals surface area contributed by atoms with E-state index in [2.05, 4.69) is 0 Å². The number of halogens is 2. The van der Waals surface area contributed by atoms with Crippen molar-refractivity contribution in [3.8, 4) is 0 Å². The third-order valence-corrected chi connectivity index (χ3v) is 3.30. The van der Waals surface area contributed by atoms with Crippen molar-refractivity contribution in [1.29, 1.82) is 0 Å². The predicted octanol–water partition coefficient (Wildman–Crippen LogP) is 3.84. The number of ether oxygens (including phenoxy) is 1. The van der Waals surface area contributed by atoms with Crippen LogP contribution < -0.4 is 0 Å². The molecule has 0 spiro atoms. The van der Waals surface area contributed by atoms with Crippen LogP contribution in [0, 0.1) is 0 Å². The van der Waals surface area contributed by atoms with Gasteiger partial charge in [-0.2, -0.15) is 0 Å². The molecule has 0 aliphatic rings. The lowest BCUT2D eigenvalue weighted by atomic mass is 9.96. The predicted molar refractivity (Wildman–Crippen MR) is 67.1 cm³/mol. The average Bonchev–Trinajstić information content (AvgIpc) is 2.21. The summed E-state index contributed by atoms with van der Waals surface area (Å²) in [7, 11) is 1.63. The molecule has 0 amide bonds. The van der Waals surface area contributed by atoms with Crippen molar-refractivity contribution in [2.45, 2.75) is 32.0 Å². The summed E-state index contributed by atoms with van der Waals surface area (Å²) in [6.07, 6.45) is -0.105. The van der Waals surface area contributed by atoms with Gasteiger partial charge in [-0.3, -0.25) is 0 Å². The van der Waals surface area contributed by atoms with E-state index in [9.17, 15) is 5.11 Å². The van der Waals surface area contributed by atoms with Crippen LogP contribution in [0.25, 0.3) is 0 Å². The van der Waals surface area contributed by atoms with E-state index in [4.69, 9.17) is 27.9 Å². The highest BCUT2D eigenvalue weighted by Gasteiger charge is 2.22. The number of rotatable bonds is 4. The molecule has 1 aromatic rings. The minimum Gasteiger partial charge on any atom is -0.388 e. The Bertz CT molecular complexity index is 364. The molecule has 0 fully saturated rings. The fraction of sp³-hybridized carbons (Fsp3) is 0.500. The van der Waals surface area contributed by atoms with Crippen LogP contribution in [0.5, 0.6) is 0 Å². The molecule has 0 aromatic heterocycles. The van der Waals surface area contributed by atoms with Gasteiger partial charge in [0.25, 0.3) is 0 Å². The van der Waals surface area contributed by atoms with Gasteiger partial charge in [-0.25, -0.2) is 0 Å². The number of hydrogen-bond acceptors (Lipinski definition) is 2. The molecule has 1 rings (SSSR count). The normalized spacial score (nSPS) is 13.9. The SMILES string of the molecule is COC(C)(C)CC(O)c1ccc(Cl)c(Cl)c1. The second kappa shape index (κ2) is 5.37. The second-order valence-corrected chi connectivity index (χ2v) is 5.17. The van der Waals surface area contributed by atoms with Crippen molar-refractivity contribution in [3.05, 3.63) is 33.8 Å². The summed E-state index contributed by atoms with van der Waals surface area (Å²) in [5.74, 6) is 0. The lowest BCUT2D eigenvalue weighted by molar-refractivity contribution is -0.0200. The first-order chi connectivity index (χ1) is 7.35. The van der Waals surface area contributed by atoms with Crippen LogP contribution in [0.1, 0.15) is 31.9 Å². The molecule has 0 radical (unpaired) electrons. The van der Waals surface area contributed by atoms with Crippen LogP contribution in [-0.4, -0.2) is 17.8 Å². The molecule has 0 saturated heterocycles. The van der Waals surface area contributed by atoms with Crippen molar-refractivity contribution in [3.63, 3.8) is 0 Å². The lowest BCUT2D eigenvalue weighted by Crippen LogP contribution is -2.25. The van der Waals surface area contributed by atoms with E-state index >= 15 is 0 Å². The molecule has 0 aliphatic heterocycles. The maximum atomic E-state index is 10.0. The molecule has 0 saturated carbocycles. The molecule has 4 heteroatoms. The van der Waals surface area contributed by atoms with E-state index < -0.39 is 6.10 Å². The van der Waals surface area contributed by atoms with Crippen molar-refractivity contribution in [1.82, 2.24) is 0 Å². The first-order valence-corrected chi connectivity index (χ1v) is 5.79. The third-order valence-electron chi connectivity index (χ3n) is 2.57. The Morgan fingerprint density at radius 2 is 1.94 bits per heavy atom. The first kappa shape index (κ1) is 13.8. The van der Waals surface area contributed by atoms with Gasteiger partial charge in [0.1, 0.15) is 0 Å². The maximum absolute atomic E-state index is 10.0. The van der Waals surface area contributed by atoms with Crippen LogP contribution in [0.15, 0.2) is 18.2 Å². The van der Waals surface area contributed by atoms with Gasteiger partial charge >= 0.3 is 0 Å². The van der Waals surface area contributed by atoms with E-state index in [0.717, 1.165) is 5.56 Å². The van der Waals surface area contributed by atoms with Crippen LogP contribution in [0.4, 0.5) is 0 Å². The van der Waals surface area contributed by atoms with Gasteiger partial charge in [0.15, 0.2) is 0 Å². The number of benzene rings is 1. The van der Waals surface area contributed by atoms with E-state index in [1.807, 2.05) is 13.8 Å². The maximum Gasteiger partial charge on any atom is 0.0817 e. The largest absolute Gasteiger partial charge is 0.388 e. The third kappa shape index (κ3) is 3.63. The van der Waals surface area contributed by atoms with E-state index in [1.54, 1.807) is 25.3 Å². The van der Waals surface area contributed by atoms with E-state index in [0.29, 0.717) is 16.5 Å². The Balaban J connectivity index is 2.81. The summed E-state index contributed by atoms with van der Waals surface area (Å²) < 4.78 is 5.26. The molecule has 1 unspecified atom stereocenters. The van der Waals surface area contributed by atoms with Crippen LogP contribution in [-0.2, 0) is 4.74 Å². The molecule has 16 heavy (non-hydrogen) atoms. The Kier molecular flexibility index (Phi) is 4.62. The zero-order chi connectivity index (χ0) is 12.3.